The number of esters is 1. The number of carbonyl (C=O) groups is 1. The van der Waals surface area contributed by atoms with Gasteiger partial charge in [0.1, 0.15) is 0 Å². The van der Waals surface area contributed by atoms with Gasteiger partial charge < -0.3 is 4.74 Å². The van der Waals surface area contributed by atoms with E-state index in [4.69, 9.17) is 0 Å². The number of hydrogen-bond acceptors (Lipinski definition) is 3. The molecule has 0 radical (unpaired) electrons. The molecule has 96 valence electrons. The predicted octanol–water partition coefficient (Wildman–Crippen LogP) is 3.22. The average Bonchev–Trinajstić information content (AvgIpc) is 2.46. The highest BCUT2D eigenvalue weighted by atomic mass is 16.5. The maximum absolute atomic E-state index is 11.3. The molecule has 1 fully saturated rings. The zero-order valence-electron chi connectivity index (χ0n) is 10.8. The molecule has 3 heteroatoms. The van der Waals surface area contributed by atoms with E-state index in [1.807, 2.05) is 18.3 Å². The predicted molar refractivity (Wildman–Crippen MR) is 72.2 cm³/mol. The fourth-order valence-electron chi connectivity index (χ4n) is 2.24. The van der Waals surface area contributed by atoms with Gasteiger partial charge in [-0.3, -0.25) is 4.99 Å². The van der Waals surface area contributed by atoms with Crippen LogP contribution >= 0.6 is 0 Å². The molecule has 0 unspecified atom stereocenters. The summed E-state index contributed by atoms with van der Waals surface area (Å²) in [6, 6.07) is 7.83. The number of carbonyl (C=O) groups excluding carboxylic acids is 1. The van der Waals surface area contributed by atoms with Crippen LogP contribution in [0.3, 0.4) is 0 Å². The fraction of sp³-hybridized carbons (Fsp3) is 0.467. The summed E-state index contributed by atoms with van der Waals surface area (Å²) in [6.45, 7) is 0. The molecule has 0 heterocycles. The highest BCUT2D eigenvalue weighted by molar-refractivity contribution is 5.90. The van der Waals surface area contributed by atoms with Gasteiger partial charge >= 0.3 is 5.97 Å². The van der Waals surface area contributed by atoms with Crippen LogP contribution in [0.15, 0.2) is 29.3 Å². The normalized spacial score (nSPS) is 16.9. The molecular weight excluding hydrogens is 226 g/mol. The first-order chi connectivity index (χ1) is 8.79. The van der Waals surface area contributed by atoms with E-state index in [0.717, 1.165) is 5.56 Å². The number of benzene rings is 1. The Hall–Kier alpha value is -1.64. The van der Waals surface area contributed by atoms with Gasteiger partial charge in [-0.05, 0) is 30.5 Å². The maximum Gasteiger partial charge on any atom is 0.337 e. The van der Waals surface area contributed by atoms with E-state index in [1.54, 1.807) is 12.1 Å². The Morgan fingerprint density at radius 3 is 2.50 bits per heavy atom. The van der Waals surface area contributed by atoms with Gasteiger partial charge in [0.25, 0.3) is 0 Å². The summed E-state index contributed by atoms with van der Waals surface area (Å²) < 4.78 is 4.66. The largest absolute Gasteiger partial charge is 0.465 e. The number of hydrogen-bond donors (Lipinski definition) is 0. The van der Waals surface area contributed by atoms with Crippen molar-refractivity contribution in [1.29, 1.82) is 0 Å². The SMILES string of the molecule is COC(=O)c1ccc(C=NC2CCCCC2)cc1. The standard InChI is InChI=1S/C15H19NO2/c1-18-15(17)13-9-7-12(8-10-13)11-16-14-5-3-2-4-6-14/h7-11,14H,2-6H2,1H3. The first kappa shape index (κ1) is 12.8. The Morgan fingerprint density at radius 1 is 1.22 bits per heavy atom. The van der Waals surface area contributed by atoms with Gasteiger partial charge in [-0.1, -0.05) is 31.4 Å². The van der Waals surface area contributed by atoms with Crippen LogP contribution in [0, 0.1) is 0 Å². The first-order valence-corrected chi connectivity index (χ1v) is 6.51. The van der Waals surface area contributed by atoms with Crippen LogP contribution in [0.25, 0.3) is 0 Å². The molecule has 0 N–H and O–H groups in total. The summed E-state index contributed by atoms with van der Waals surface area (Å²) in [5.74, 6) is -0.300. The number of aliphatic imine (C=N–C) groups is 1. The van der Waals surface area contributed by atoms with Crippen LogP contribution in [0.4, 0.5) is 0 Å². The second-order valence-corrected chi connectivity index (χ2v) is 4.68. The van der Waals surface area contributed by atoms with Gasteiger partial charge in [0.15, 0.2) is 0 Å². The zero-order chi connectivity index (χ0) is 12.8. The van der Waals surface area contributed by atoms with Gasteiger partial charge in [-0.2, -0.15) is 0 Å². The van der Waals surface area contributed by atoms with Crippen LogP contribution in [0.5, 0.6) is 0 Å². The Balaban J connectivity index is 1.97. The van der Waals surface area contributed by atoms with Gasteiger partial charge in [-0.15, -0.1) is 0 Å². The number of ether oxygens (including phenoxy) is 1. The summed E-state index contributed by atoms with van der Waals surface area (Å²) in [6.07, 6.45) is 8.26. The van der Waals surface area contributed by atoms with Crippen molar-refractivity contribution in [3.63, 3.8) is 0 Å². The number of methoxy groups -OCH3 is 1. The molecule has 1 aromatic carbocycles. The van der Waals surface area contributed by atoms with Crippen molar-refractivity contribution in [2.45, 2.75) is 38.1 Å². The third-order valence-electron chi connectivity index (χ3n) is 3.34. The maximum atomic E-state index is 11.3. The van der Waals surface area contributed by atoms with Crippen molar-refractivity contribution in [3.05, 3.63) is 35.4 Å². The monoisotopic (exact) mass is 245 g/mol. The van der Waals surface area contributed by atoms with Crippen LogP contribution < -0.4 is 0 Å². The van der Waals surface area contributed by atoms with Crippen molar-refractivity contribution in [2.75, 3.05) is 7.11 Å². The quantitative estimate of drug-likeness (QED) is 0.605. The Kier molecular flexibility index (Phi) is 4.51. The smallest absolute Gasteiger partial charge is 0.337 e. The van der Waals surface area contributed by atoms with E-state index in [9.17, 15) is 4.79 Å². The fourth-order valence-corrected chi connectivity index (χ4v) is 2.24. The van der Waals surface area contributed by atoms with Crippen LogP contribution in [-0.4, -0.2) is 25.3 Å². The average molecular weight is 245 g/mol. The molecule has 1 aromatic rings. The highest BCUT2D eigenvalue weighted by Crippen LogP contribution is 2.20. The van der Waals surface area contributed by atoms with E-state index in [2.05, 4.69) is 9.73 Å². The minimum atomic E-state index is -0.300. The van der Waals surface area contributed by atoms with Gasteiger partial charge in [0, 0.05) is 12.3 Å². The van der Waals surface area contributed by atoms with E-state index in [-0.39, 0.29) is 5.97 Å². The second kappa shape index (κ2) is 6.34. The van der Waals surface area contributed by atoms with Gasteiger partial charge in [0.2, 0.25) is 0 Å². The molecule has 0 bridgehead atoms. The zero-order valence-corrected chi connectivity index (χ0v) is 10.8. The second-order valence-electron chi connectivity index (χ2n) is 4.68. The summed E-state index contributed by atoms with van der Waals surface area (Å²) in [5, 5.41) is 0. The van der Waals surface area contributed by atoms with Crippen molar-refractivity contribution < 1.29 is 9.53 Å². The lowest BCUT2D eigenvalue weighted by molar-refractivity contribution is 0.0601. The van der Waals surface area contributed by atoms with E-state index >= 15 is 0 Å². The Labute approximate surface area is 108 Å². The van der Waals surface area contributed by atoms with E-state index in [0.29, 0.717) is 11.6 Å². The molecule has 0 aliphatic heterocycles. The van der Waals surface area contributed by atoms with Crippen molar-refractivity contribution >= 4 is 12.2 Å². The van der Waals surface area contributed by atoms with Crippen molar-refractivity contribution in [2.24, 2.45) is 4.99 Å². The number of rotatable bonds is 3. The molecule has 3 nitrogen and oxygen atoms in total. The first-order valence-electron chi connectivity index (χ1n) is 6.51. The molecule has 0 saturated heterocycles. The summed E-state index contributed by atoms with van der Waals surface area (Å²) >= 11 is 0. The molecule has 1 aliphatic rings. The molecule has 0 atom stereocenters. The van der Waals surface area contributed by atoms with Crippen molar-refractivity contribution in [3.8, 4) is 0 Å². The van der Waals surface area contributed by atoms with Crippen LogP contribution in [0.1, 0.15) is 48.0 Å². The summed E-state index contributed by atoms with van der Waals surface area (Å²) in [7, 11) is 1.39. The van der Waals surface area contributed by atoms with Gasteiger partial charge in [-0.25, -0.2) is 4.79 Å². The lowest BCUT2D eigenvalue weighted by Crippen LogP contribution is -2.09. The van der Waals surface area contributed by atoms with E-state index in [1.165, 1.54) is 39.2 Å². The highest BCUT2D eigenvalue weighted by Gasteiger charge is 2.10. The molecule has 2 rings (SSSR count). The lowest BCUT2D eigenvalue weighted by atomic mass is 9.96. The van der Waals surface area contributed by atoms with Crippen LogP contribution in [0.2, 0.25) is 0 Å². The minimum absolute atomic E-state index is 0.300. The van der Waals surface area contributed by atoms with Gasteiger partial charge in [0.05, 0.1) is 12.7 Å². The lowest BCUT2D eigenvalue weighted by Gasteiger charge is -2.17. The third kappa shape index (κ3) is 3.42. The summed E-state index contributed by atoms with van der Waals surface area (Å²) in [5.41, 5.74) is 1.61. The Bertz CT molecular complexity index is 417. The van der Waals surface area contributed by atoms with Crippen LogP contribution in [-0.2, 0) is 4.74 Å². The Morgan fingerprint density at radius 2 is 1.89 bits per heavy atom. The molecule has 1 aliphatic carbocycles. The molecule has 0 spiro atoms. The molecule has 1 saturated carbocycles. The van der Waals surface area contributed by atoms with E-state index < -0.39 is 0 Å². The molecule has 18 heavy (non-hydrogen) atoms. The minimum Gasteiger partial charge on any atom is -0.465 e. The molecule has 0 amide bonds. The topological polar surface area (TPSA) is 38.7 Å². The van der Waals surface area contributed by atoms with Crippen molar-refractivity contribution in [1.82, 2.24) is 0 Å². The number of nitrogens with zero attached hydrogens (tertiary/aromatic N) is 1. The summed E-state index contributed by atoms with van der Waals surface area (Å²) in [4.78, 5) is 15.9. The third-order valence-corrected chi connectivity index (χ3v) is 3.34. The molecular formula is C15H19NO2. The molecule has 0 aromatic heterocycles.